The van der Waals surface area contributed by atoms with Crippen LogP contribution in [0.15, 0.2) is 24.3 Å². The summed E-state index contributed by atoms with van der Waals surface area (Å²) in [6, 6.07) is 6.72. The SMILES string of the molecule is CC(C)(C)[Si](C)(C)OC(COc1ccc2nc(Cl)cc(N)c2c1)C(=O)O. The van der Waals surface area contributed by atoms with Crippen molar-refractivity contribution in [3.63, 3.8) is 0 Å². The average molecular weight is 397 g/mol. The number of nitrogen functional groups attached to an aromatic ring is 1. The Morgan fingerprint density at radius 1 is 1.35 bits per heavy atom. The summed E-state index contributed by atoms with van der Waals surface area (Å²) >= 11 is 5.90. The number of nitrogens with zero attached hydrogens (tertiary/aromatic N) is 1. The molecule has 1 aromatic heterocycles. The van der Waals surface area contributed by atoms with Gasteiger partial charge in [-0.15, -0.1) is 0 Å². The highest BCUT2D eigenvalue weighted by atomic mass is 35.5. The lowest BCUT2D eigenvalue weighted by molar-refractivity contribution is -0.147. The van der Waals surface area contributed by atoms with Crippen LogP contribution in [0.1, 0.15) is 20.8 Å². The molecule has 0 saturated carbocycles. The predicted octanol–water partition coefficient (Wildman–Crippen LogP) is 4.32. The second kappa shape index (κ2) is 7.42. The van der Waals surface area contributed by atoms with E-state index in [1.807, 2.05) is 13.1 Å². The molecule has 0 bridgehead atoms. The van der Waals surface area contributed by atoms with Gasteiger partial charge in [0.25, 0.3) is 0 Å². The molecule has 0 amide bonds. The fourth-order valence-electron chi connectivity index (χ4n) is 2.15. The van der Waals surface area contributed by atoms with Crippen LogP contribution >= 0.6 is 11.6 Å². The lowest BCUT2D eigenvalue weighted by atomic mass is 10.2. The molecule has 2 aromatic rings. The lowest BCUT2D eigenvalue weighted by Crippen LogP contribution is -2.47. The number of rotatable bonds is 6. The fraction of sp³-hybridized carbons (Fsp3) is 0.444. The van der Waals surface area contributed by atoms with E-state index in [0.29, 0.717) is 27.5 Å². The third-order valence-electron chi connectivity index (χ3n) is 4.70. The molecule has 0 fully saturated rings. The molecule has 3 N–H and O–H groups in total. The summed E-state index contributed by atoms with van der Waals surface area (Å²) in [5, 5.41) is 10.4. The van der Waals surface area contributed by atoms with Crippen molar-refractivity contribution in [3.8, 4) is 5.75 Å². The second-order valence-electron chi connectivity index (χ2n) is 7.73. The Labute approximate surface area is 159 Å². The van der Waals surface area contributed by atoms with Crippen LogP contribution in [0.25, 0.3) is 10.9 Å². The summed E-state index contributed by atoms with van der Waals surface area (Å²) in [5.74, 6) is -0.540. The Balaban J connectivity index is 2.17. The normalized spacial score (nSPS) is 13.6. The van der Waals surface area contributed by atoms with Crippen LogP contribution in [0.4, 0.5) is 5.69 Å². The van der Waals surface area contributed by atoms with Gasteiger partial charge in [-0.25, -0.2) is 9.78 Å². The number of ether oxygens (including phenoxy) is 1. The number of pyridine rings is 1. The summed E-state index contributed by atoms with van der Waals surface area (Å²) in [4.78, 5) is 15.8. The van der Waals surface area contributed by atoms with E-state index in [1.165, 1.54) is 0 Å². The Kier molecular flexibility index (Phi) is 5.84. The van der Waals surface area contributed by atoms with Gasteiger partial charge in [0.2, 0.25) is 0 Å². The zero-order chi connectivity index (χ0) is 19.7. The monoisotopic (exact) mass is 396 g/mol. The maximum atomic E-state index is 11.6. The zero-order valence-electron chi connectivity index (χ0n) is 15.7. The number of halogens is 1. The fourth-order valence-corrected chi connectivity index (χ4v) is 3.59. The first kappa shape index (κ1) is 20.5. The Morgan fingerprint density at radius 2 is 2.00 bits per heavy atom. The molecule has 1 unspecified atom stereocenters. The van der Waals surface area contributed by atoms with E-state index in [0.717, 1.165) is 0 Å². The number of anilines is 1. The van der Waals surface area contributed by atoms with Crippen molar-refractivity contribution in [2.24, 2.45) is 0 Å². The molecule has 142 valence electrons. The van der Waals surface area contributed by atoms with Gasteiger partial charge in [-0.3, -0.25) is 0 Å². The maximum absolute atomic E-state index is 11.6. The van der Waals surface area contributed by atoms with Crippen LogP contribution in [0.5, 0.6) is 5.75 Å². The first-order valence-electron chi connectivity index (χ1n) is 8.30. The molecule has 1 heterocycles. The molecule has 0 aliphatic rings. The summed E-state index contributed by atoms with van der Waals surface area (Å²) < 4.78 is 11.7. The summed E-state index contributed by atoms with van der Waals surface area (Å²) in [6.45, 7) is 10.1. The quantitative estimate of drug-likeness (QED) is 0.557. The Morgan fingerprint density at radius 3 is 2.58 bits per heavy atom. The molecule has 0 radical (unpaired) electrons. The molecule has 2 rings (SSSR count). The third-order valence-corrected chi connectivity index (χ3v) is 9.38. The largest absolute Gasteiger partial charge is 0.490 e. The van der Waals surface area contributed by atoms with Gasteiger partial charge in [0.1, 0.15) is 17.5 Å². The number of aromatic nitrogens is 1. The van der Waals surface area contributed by atoms with Gasteiger partial charge in [-0.1, -0.05) is 32.4 Å². The minimum Gasteiger partial charge on any atom is -0.490 e. The van der Waals surface area contributed by atoms with Crippen LogP contribution in [0.2, 0.25) is 23.3 Å². The molecule has 0 spiro atoms. The van der Waals surface area contributed by atoms with Gasteiger partial charge in [0.15, 0.2) is 14.4 Å². The van der Waals surface area contributed by atoms with Gasteiger partial charge >= 0.3 is 5.97 Å². The van der Waals surface area contributed by atoms with Gasteiger partial charge < -0.3 is 20.0 Å². The van der Waals surface area contributed by atoms with Crippen molar-refractivity contribution in [3.05, 3.63) is 29.4 Å². The number of aliphatic carboxylic acids is 1. The molecule has 26 heavy (non-hydrogen) atoms. The van der Waals surface area contributed by atoms with Crippen molar-refractivity contribution in [2.45, 2.75) is 45.0 Å². The molecular formula is C18H25ClN2O4Si. The smallest absolute Gasteiger partial charge is 0.335 e. The van der Waals surface area contributed by atoms with Crippen molar-refractivity contribution >= 4 is 42.5 Å². The van der Waals surface area contributed by atoms with E-state index >= 15 is 0 Å². The Bertz CT molecular complexity index is 821. The molecule has 6 nitrogen and oxygen atoms in total. The van der Waals surface area contributed by atoms with Gasteiger partial charge in [-0.2, -0.15) is 0 Å². The van der Waals surface area contributed by atoms with E-state index in [1.54, 1.807) is 24.3 Å². The van der Waals surface area contributed by atoms with E-state index in [9.17, 15) is 9.90 Å². The first-order chi connectivity index (χ1) is 11.9. The topological polar surface area (TPSA) is 94.7 Å². The van der Waals surface area contributed by atoms with E-state index in [4.69, 9.17) is 26.5 Å². The highest BCUT2D eigenvalue weighted by Gasteiger charge is 2.41. The molecule has 0 aliphatic carbocycles. The molecule has 0 saturated heterocycles. The van der Waals surface area contributed by atoms with Crippen LogP contribution < -0.4 is 10.5 Å². The molecule has 1 aromatic carbocycles. The maximum Gasteiger partial charge on any atom is 0.335 e. The van der Waals surface area contributed by atoms with Crippen molar-refractivity contribution in [1.82, 2.24) is 4.98 Å². The van der Waals surface area contributed by atoms with Crippen LogP contribution in [0, 0.1) is 0 Å². The number of hydrogen-bond donors (Lipinski definition) is 2. The lowest BCUT2D eigenvalue weighted by Gasteiger charge is -2.38. The second-order valence-corrected chi connectivity index (χ2v) is 12.9. The standard InChI is InChI=1S/C18H25ClN2O4Si/c1-18(2,3)26(4,5)25-15(17(22)23)10-24-11-6-7-14-12(8-11)13(20)9-16(19)21-14/h6-9,15H,10H2,1-5H3,(H2,20,21)(H,22,23). The van der Waals surface area contributed by atoms with Crippen LogP contribution in [-0.2, 0) is 9.22 Å². The highest BCUT2D eigenvalue weighted by molar-refractivity contribution is 6.74. The first-order valence-corrected chi connectivity index (χ1v) is 11.6. The molecule has 8 heteroatoms. The number of carboxylic acid groups (broad SMARTS) is 1. The van der Waals surface area contributed by atoms with Crippen LogP contribution in [0.3, 0.4) is 0 Å². The van der Waals surface area contributed by atoms with E-state index in [2.05, 4.69) is 25.8 Å². The van der Waals surface area contributed by atoms with Crippen molar-refractivity contribution in [1.29, 1.82) is 0 Å². The number of benzene rings is 1. The summed E-state index contributed by atoms with van der Waals surface area (Å²) in [5.41, 5.74) is 7.10. The number of fused-ring (bicyclic) bond motifs is 1. The predicted molar refractivity (Wildman–Crippen MR) is 106 cm³/mol. The van der Waals surface area contributed by atoms with Crippen LogP contribution in [-0.4, -0.2) is 37.1 Å². The van der Waals surface area contributed by atoms with Gasteiger partial charge in [-0.05, 0) is 42.4 Å². The van der Waals surface area contributed by atoms with Crippen molar-refractivity contribution < 1.29 is 19.1 Å². The number of carbonyl (C=O) groups is 1. The molecule has 0 aliphatic heterocycles. The summed E-state index contributed by atoms with van der Waals surface area (Å²) in [6.07, 6.45) is -1.03. The van der Waals surface area contributed by atoms with E-state index < -0.39 is 20.4 Å². The third kappa shape index (κ3) is 4.66. The minimum absolute atomic E-state index is 0.0890. The van der Waals surface area contributed by atoms with Gasteiger partial charge in [0.05, 0.1) is 5.52 Å². The molecular weight excluding hydrogens is 372 g/mol. The average Bonchev–Trinajstić information content (AvgIpc) is 2.50. The number of carboxylic acids is 1. The van der Waals surface area contributed by atoms with E-state index in [-0.39, 0.29) is 11.6 Å². The molecule has 1 atom stereocenters. The van der Waals surface area contributed by atoms with Gasteiger partial charge in [0, 0.05) is 11.1 Å². The summed E-state index contributed by atoms with van der Waals surface area (Å²) in [7, 11) is -2.23. The number of hydrogen-bond acceptors (Lipinski definition) is 5. The Hall–Kier alpha value is -1.83. The van der Waals surface area contributed by atoms with Crippen molar-refractivity contribution in [2.75, 3.05) is 12.3 Å². The number of nitrogens with two attached hydrogens (primary N) is 1. The minimum atomic E-state index is -2.23. The zero-order valence-corrected chi connectivity index (χ0v) is 17.4. The highest BCUT2D eigenvalue weighted by Crippen LogP contribution is 2.37.